The lowest BCUT2D eigenvalue weighted by Crippen LogP contribution is -2.45. The van der Waals surface area contributed by atoms with Crippen molar-refractivity contribution in [3.8, 4) is 0 Å². The molecule has 0 aromatic rings. The number of hydrogen-bond donors (Lipinski definition) is 2. The average molecular weight is 210 g/mol. The second kappa shape index (κ2) is 4.84. The van der Waals surface area contributed by atoms with Crippen molar-refractivity contribution in [2.45, 2.75) is 45.1 Å². The summed E-state index contributed by atoms with van der Waals surface area (Å²) < 4.78 is 0. The number of hydrogen-bond acceptors (Lipinski definition) is 2. The van der Waals surface area contributed by atoms with Gasteiger partial charge in [-0.1, -0.05) is 6.92 Å². The Balaban J connectivity index is 1.94. The smallest absolute Gasteiger partial charge is 0.208 e. The molecule has 0 radical (unpaired) electrons. The molecule has 0 amide bonds. The van der Waals surface area contributed by atoms with Gasteiger partial charge in [-0.3, -0.25) is 5.43 Å². The van der Waals surface area contributed by atoms with Crippen molar-refractivity contribution < 1.29 is 0 Å². The van der Waals surface area contributed by atoms with E-state index in [9.17, 15) is 0 Å². The lowest BCUT2D eigenvalue weighted by atomic mass is 10.0. The van der Waals surface area contributed by atoms with Crippen LogP contribution in [0.1, 0.15) is 39.0 Å². The highest BCUT2D eigenvalue weighted by molar-refractivity contribution is 5.79. The van der Waals surface area contributed by atoms with E-state index in [0.29, 0.717) is 6.04 Å². The van der Waals surface area contributed by atoms with E-state index in [4.69, 9.17) is 5.84 Å². The Kier molecular flexibility index (Phi) is 3.46. The molecule has 0 aromatic carbocycles. The molecule has 1 aliphatic heterocycles. The van der Waals surface area contributed by atoms with Crippen molar-refractivity contribution in [2.75, 3.05) is 13.1 Å². The van der Waals surface area contributed by atoms with Gasteiger partial charge in [-0.2, -0.15) is 0 Å². The van der Waals surface area contributed by atoms with E-state index in [1.165, 1.54) is 32.1 Å². The Morgan fingerprint density at radius 1 is 1.27 bits per heavy atom. The Bertz CT molecular complexity index is 235. The maximum Gasteiger partial charge on any atom is 0.208 e. The molecule has 1 saturated carbocycles. The molecule has 1 unspecified atom stereocenters. The number of likely N-dealkylation sites (tertiary alicyclic amines) is 1. The van der Waals surface area contributed by atoms with Gasteiger partial charge in [0.25, 0.3) is 0 Å². The summed E-state index contributed by atoms with van der Waals surface area (Å²) in [6, 6.07) is 0.539. The van der Waals surface area contributed by atoms with Gasteiger partial charge < -0.3 is 4.90 Å². The van der Waals surface area contributed by atoms with E-state index in [1.807, 2.05) is 0 Å². The minimum atomic E-state index is 0.539. The summed E-state index contributed by atoms with van der Waals surface area (Å²) in [6.07, 6.45) is 6.31. The number of guanidine groups is 1. The monoisotopic (exact) mass is 210 g/mol. The van der Waals surface area contributed by atoms with Crippen LogP contribution in [0, 0.1) is 5.92 Å². The Labute approximate surface area is 91.9 Å². The Morgan fingerprint density at radius 2 is 2.07 bits per heavy atom. The first-order chi connectivity index (χ1) is 7.29. The first-order valence-corrected chi connectivity index (χ1v) is 6.09. The fraction of sp³-hybridized carbons (Fsp3) is 0.909. The zero-order valence-electron chi connectivity index (χ0n) is 9.58. The summed E-state index contributed by atoms with van der Waals surface area (Å²) in [6.45, 7) is 4.52. The molecular formula is C11H22N4. The predicted molar refractivity (Wildman–Crippen MR) is 62.4 cm³/mol. The highest BCUT2D eigenvalue weighted by atomic mass is 15.4. The molecule has 86 valence electrons. The normalized spacial score (nSPS) is 28.8. The Morgan fingerprint density at radius 3 is 2.73 bits per heavy atom. The molecule has 1 saturated heterocycles. The average Bonchev–Trinajstić information content (AvgIpc) is 3.03. The van der Waals surface area contributed by atoms with E-state index >= 15 is 0 Å². The maximum atomic E-state index is 5.54. The standard InChI is InChI=1S/C11H22N4/c1-9-3-2-7-15(8-6-9)11(14-12)13-10-4-5-10/h9-10H,2-8,12H2,1H3,(H,13,14). The zero-order valence-corrected chi connectivity index (χ0v) is 9.58. The van der Waals surface area contributed by atoms with Gasteiger partial charge in [0, 0.05) is 13.1 Å². The van der Waals surface area contributed by atoms with Gasteiger partial charge in [0.15, 0.2) is 0 Å². The SMILES string of the molecule is CC1CCCN(C(=NC2CC2)NN)CC1. The van der Waals surface area contributed by atoms with Crippen LogP contribution in [-0.2, 0) is 0 Å². The summed E-state index contributed by atoms with van der Waals surface area (Å²) in [5.74, 6) is 7.29. The summed E-state index contributed by atoms with van der Waals surface area (Å²) in [4.78, 5) is 6.91. The Hall–Kier alpha value is -0.770. The van der Waals surface area contributed by atoms with Crippen LogP contribution in [0.4, 0.5) is 0 Å². The van der Waals surface area contributed by atoms with Crippen LogP contribution < -0.4 is 11.3 Å². The van der Waals surface area contributed by atoms with Gasteiger partial charge >= 0.3 is 0 Å². The van der Waals surface area contributed by atoms with E-state index in [0.717, 1.165) is 25.0 Å². The van der Waals surface area contributed by atoms with Crippen molar-refractivity contribution in [1.82, 2.24) is 10.3 Å². The predicted octanol–water partition coefficient (Wildman–Crippen LogP) is 1.09. The highest BCUT2D eigenvalue weighted by Crippen LogP contribution is 2.24. The van der Waals surface area contributed by atoms with E-state index in [1.54, 1.807) is 0 Å². The lowest BCUT2D eigenvalue weighted by Gasteiger charge is -2.23. The molecule has 1 atom stereocenters. The molecule has 0 spiro atoms. The van der Waals surface area contributed by atoms with Crippen molar-refractivity contribution in [3.05, 3.63) is 0 Å². The highest BCUT2D eigenvalue weighted by Gasteiger charge is 2.23. The summed E-state index contributed by atoms with van der Waals surface area (Å²) in [5.41, 5.74) is 2.76. The molecular weight excluding hydrogens is 188 g/mol. The van der Waals surface area contributed by atoms with Gasteiger partial charge in [0.2, 0.25) is 5.96 Å². The third-order valence-corrected chi connectivity index (χ3v) is 3.30. The third-order valence-electron chi connectivity index (χ3n) is 3.30. The van der Waals surface area contributed by atoms with E-state index in [2.05, 4.69) is 22.2 Å². The van der Waals surface area contributed by atoms with Crippen LogP contribution in [0.15, 0.2) is 4.99 Å². The minimum absolute atomic E-state index is 0.539. The van der Waals surface area contributed by atoms with E-state index in [-0.39, 0.29) is 0 Å². The number of nitrogens with two attached hydrogens (primary N) is 1. The van der Waals surface area contributed by atoms with Crippen LogP contribution in [0.3, 0.4) is 0 Å². The van der Waals surface area contributed by atoms with Crippen LogP contribution >= 0.6 is 0 Å². The molecule has 2 rings (SSSR count). The van der Waals surface area contributed by atoms with Crippen LogP contribution in [0.2, 0.25) is 0 Å². The van der Waals surface area contributed by atoms with Gasteiger partial charge in [-0.05, 0) is 38.0 Å². The third kappa shape index (κ3) is 3.09. The second-order valence-electron chi connectivity index (χ2n) is 4.85. The number of rotatable bonds is 1. The molecule has 4 nitrogen and oxygen atoms in total. The molecule has 2 aliphatic rings. The minimum Gasteiger partial charge on any atom is -0.342 e. The molecule has 15 heavy (non-hydrogen) atoms. The number of nitrogens with one attached hydrogen (secondary N) is 1. The quantitative estimate of drug-likeness (QED) is 0.295. The molecule has 1 aliphatic carbocycles. The van der Waals surface area contributed by atoms with Crippen LogP contribution in [0.25, 0.3) is 0 Å². The molecule has 0 aromatic heterocycles. The molecule has 0 bridgehead atoms. The van der Waals surface area contributed by atoms with Gasteiger partial charge in [0.05, 0.1) is 6.04 Å². The molecule has 4 heteroatoms. The zero-order chi connectivity index (χ0) is 10.7. The number of aliphatic imine (C=N–C) groups is 1. The van der Waals surface area contributed by atoms with Crippen molar-refractivity contribution in [1.29, 1.82) is 0 Å². The van der Waals surface area contributed by atoms with Gasteiger partial charge in [0.1, 0.15) is 0 Å². The van der Waals surface area contributed by atoms with Crippen LogP contribution in [-0.4, -0.2) is 30.0 Å². The fourth-order valence-corrected chi connectivity index (χ4v) is 2.06. The maximum absolute atomic E-state index is 5.54. The van der Waals surface area contributed by atoms with Gasteiger partial charge in [-0.15, -0.1) is 0 Å². The van der Waals surface area contributed by atoms with Gasteiger partial charge in [-0.25, -0.2) is 10.8 Å². The first kappa shape index (κ1) is 10.7. The van der Waals surface area contributed by atoms with Crippen molar-refractivity contribution in [3.63, 3.8) is 0 Å². The van der Waals surface area contributed by atoms with Crippen molar-refractivity contribution >= 4 is 5.96 Å². The number of nitrogens with zero attached hydrogens (tertiary/aromatic N) is 2. The summed E-state index contributed by atoms with van der Waals surface area (Å²) in [7, 11) is 0. The lowest BCUT2D eigenvalue weighted by molar-refractivity contribution is 0.409. The number of hydrazine groups is 1. The van der Waals surface area contributed by atoms with E-state index < -0.39 is 0 Å². The summed E-state index contributed by atoms with van der Waals surface area (Å²) in [5, 5.41) is 0. The molecule has 1 heterocycles. The first-order valence-electron chi connectivity index (χ1n) is 6.09. The second-order valence-corrected chi connectivity index (χ2v) is 4.85. The summed E-state index contributed by atoms with van der Waals surface area (Å²) >= 11 is 0. The largest absolute Gasteiger partial charge is 0.342 e. The molecule has 3 N–H and O–H groups in total. The molecule has 2 fully saturated rings. The van der Waals surface area contributed by atoms with Crippen molar-refractivity contribution in [2.24, 2.45) is 16.8 Å². The fourth-order valence-electron chi connectivity index (χ4n) is 2.06. The topological polar surface area (TPSA) is 53.6 Å². The van der Waals surface area contributed by atoms with Crippen LogP contribution in [0.5, 0.6) is 0 Å².